The molecule has 1 N–H and O–H groups in total. The van der Waals surface area contributed by atoms with Gasteiger partial charge in [-0.05, 0) is 25.5 Å². The van der Waals surface area contributed by atoms with Gasteiger partial charge in [-0.25, -0.2) is 0 Å². The Labute approximate surface area is 119 Å². The lowest BCUT2D eigenvalue weighted by Crippen LogP contribution is -2.15. The monoisotopic (exact) mass is 296 g/mol. The molecule has 0 saturated carbocycles. The second kappa shape index (κ2) is 6.34. The molecular weight excluding hydrogens is 282 g/mol. The Morgan fingerprint density at radius 3 is 2.81 bits per heavy atom. The molecule has 112 valence electrons. The van der Waals surface area contributed by atoms with Crippen LogP contribution >= 0.6 is 0 Å². The van der Waals surface area contributed by atoms with Crippen molar-refractivity contribution in [2.75, 3.05) is 5.32 Å². The van der Waals surface area contributed by atoms with Crippen LogP contribution in [-0.4, -0.2) is 17.7 Å². The highest BCUT2D eigenvalue weighted by Gasteiger charge is 2.20. The van der Waals surface area contributed by atoms with E-state index in [1.54, 1.807) is 13.0 Å². The molecule has 7 heteroatoms. The molecule has 0 fully saturated rings. The number of carbonyl (C=O) groups is 1. The van der Waals surface area contributed by atoms with E-state index in [9.17, 15) is 13.6 Å². The van der Waals surface area contributed by atoms with Crippen molar-refractivity contribution >= 4 is 11.6 Å². The molecule has 21 heavy (non-hydrogen) atoms. The molecule has 1 heterocycles. The first-order chi connectivity index (χ1) is 10.0. The molecule has 1 aromatic heterocycles. The number of nitrogens with one attached hydrogen (secondary N) is 1. The first-order valence-electron chi connectivity index (χ1n) is 6.33. The lowest BCUT2D eigenvalue weighted by molar-refractivity contribution is -0.0493. The Kier molecular flexibility index (Phi) is 4.52. The molecule has 0 saturated heterocycles. The molecule has 2 aromatic rings. The molecule has 5 nitrogen and oxygen atoms in total. The van der Waals surface area contributed by atoms with Crippen LogP contribution in [0.1, 0.15) is 28.7 Å². The number of hydrogen-bond donors (Lipinski definition) is 1. The van der Waals surface area contributed by atoms with E-state index in [4.69, 9.17) is 4.52 Å². The third-order valence-electron chi connectivity index (χ3n) is 2.85. The van der Waals surface area contributed by atoms with E-state index in [1.165, 1.54) is 18.2 Å². The zero-order chi connectivity index (χ0) is 15.4. The van der Waals surface area contributed by atoms with Gasteiger partial charge in [0.25, 0.3) is 5.91 Å². The fraction of sp³-hybridized carbons (Fsp3) is 0.286. The predicted octanol–water partition coefficient (Wildman–Crippen LogP) is 3.40. The van der Waals surface area contributed by atoms with Crippen LogP contribution in [0.15, 0.2) is 28.8 Å². The summed E-state index contributed by atoms with van der Waals surface area (Å²) in [4.78, 5) is 12.3. The number of ether oxygens (including phenoxy) is 1. The van der Waals surface area contributed by atoms with Gasteiger partial charge in [0.2, 0.25) is 0 Å². The zero-order valence-corrected chi connectivity index (χ0v) is 11.5. The Bertz CT molecular complexity index is 641. The summed E-state index contributed by atoms with van der Waals surface area (Å²) in [5.41, 5.74) is 0.979. The molecule has 0 bridgehead atoms. The Hall–Kier alpha value is -2.44. The van der Waals surface area contributed by atoms with Crippen LogP contribution in [0.2, 0.25) is 0 Å². The van der Waals surface area contributed by atoms with Gasteiger partial charge >= 0.3 is 6.61 Å². The average Bonchev–Trinajstić information content (AvgIpc) is 2.81. The zero-order valence-electron chi connectivity index (χ0n) is 11.5. The number of benzene rings is 1. The summed E-state index contributed by atoms with van der Waals surface area (Å²) in [6, 6.07) is 5.97. The van der Waals surface area contributed by atoms with Gasteiger partial charge in [0, 0.05) is 0 Å². The lowest BCUT2D eigenvalue weighted by Gasteiger charge is -2.11. The van der Waals surface area contributed by atoms with E-state index in [1.807, 2.05) is 6.92 Å². The molecule has 1 aromatic carbocycles. The average molecular weight is 296 g/mol. The van der Waals surface area contributed by atoms with E-state index in [0.717, 1.165) is 0 Å². The summed E-state index contributed by atoms with van der Waals surface area (Å²) in [6.07, 6.45) is 0.523. The number of nitrogens with zero attached hydrogens (tertiary/aromatic N) is 1. The maximum Gasteiger partial charge on any atom is 0.387 e. The van der Waals surface area contributed by atoms with E-state index in [2.05, 4.69) is 15.2 Å². The molecule has 0 spiro atoms. The Balaban J connectivity index is 2.26. The third-order valence-corrected chi connectivity index (χ3v) is 2.85. The third kappa shape index (κ3) is 3.36. The number of anilines is 1. The Morgan fingerprint density at radius 2 is 2.14 bits per heavy atom. The molecule has 0 unspecified atom stereocenters. The maximum absolute atomic E-state index is 12.3. The summed E-state index contributed by atoms with van der Waals surface area (Å²) in [7, 11) is 0. The smallest absolute Gasteiger partial charge is 0.387 e. The summed E-state index contributed by atoms with van der Waals surface area (Å²) in [5.74, 6) is -0.208. The molecule has 0 radical (unpaired) electrons. The molecule has 0 aliphatic rings. The minimum Gasteiger partial charge on any atom is -0.433 e. The topological polar surface area (TPSA) is 64.4 Å². The highest BCUT2D eigenvalue weighted by molar-refractivity contribution is 6.06. The lowest BCUT2D eigenvalue weighted by atomic mass is 10.1. The van der Waals surface area contributed by atoms with E-state index < -0.39 is 12.5 Å². The summed E-state index contributed by atoms with van der Waals surface area (Å²) in [6.45, 7) is 0.483. The van der Waals surface area contributed by atoms with Gasteiger partial charge in [0.1, 0.15) is 17.1 Å². The highest BCUT2D eigenvalue weighted by Crippen LogP contribution is 2.26. The van der Waals surface area contributed by atoms with Gasteiger partial charge in [-0.3, -0.25) is 4.79 Å². The van der Waals surface area contributed by atoms with Gasteiger partial charge in [-0.1, -0.05) is 24.2 Å². The van der Waals surface area contributed by atoms with E-state index in [-0.39, 0.29) is 11.4 Å². The fourth-order valence-electron chi connectivity index (χ4n) is 1.90. The molecule has 0 aliphatic carbocycles. The van der Waals surface area contributed by atoms with Crippen LogP contribution < -0.4 is 10.1 Å². The van der Waals surface area contributed by atoms with Crippen LogP contribution in [-0.2, 0) is 6.42 Å². The van der Waals surface area contributed by atoms with Gasteiger partial charge in [0.05, 0.1) is 11.4 Å². The summed E-state index contributed by atoms with van der Waals surface area (Å²) in [5, 5.41) is 6.32. The number of alkyl halides is 2. The molecular formula is C14H14F2N2O3. The van der Waals surface area contributed by atoms with Crippen LogP contribution in [0.3, 0.4) is 0 Å². The molecule has 1 amide bonds. The molecule has 2 rings (SSSR count). The SMILES string of the molecule is CCc1noc(C)c1C(=O)Nc1ccccc1OC(F)F. The van der Waals surface area contributed by atoms with Crippen molar-refractivity contribution in [2.24, 2.45) is 0 Å². The molecule has 0 aliphatic heterocycles. The van der Waals surface area contributed by atoms with Crippen LogP contribution in [0.25, 0.3) is 0 Å². The quantitative estimate of drug-likeness (QED) is 0.918. The minimum absolute atomic E-state index is 0.104. The van der Waals surface area contributed by atoms with E-state index in [0.29, 0.717) is 23.4 Å². The first kappa shape index (κ1) is 15.0. The second-order valence-corrected chi connectivity index (χ2v) is 4.24. The van der Waals surface area contributed by atoms with Gasteiger partial charge in [-0.15, -0.1) is 0 Å². The number of halogens is 2. The van der Waals surface area contributed by atoms with Crippen molar-refractivity contribution in [1.82, 2.24) is 5.16 Å². The maximum atomic E-state index is 12.3. The number of hydrogen-bond acceptors (Lipinski definition) is 4. The summed E-state index contributed by atoms with van der Waals surface area (Å²) >= 11 is 0. The van der Waals surface area contributed by atoms with Crippen molar-refractivity contribution in [3.05, 3.63) is 41.3 Å². The van der Waals surface area contributed by atoms with Gasteiger partial charge in [0.15, 0.2) is 0 Å². The van der Waals surface area contributed by atoms with E-state index >= 15 is 0 Å². The van der Waals surface area contributed by atoms with Crippen molar-refractivity contribution in [2.45, 2.75) is 26.9 Å². The predicted molar refractivity (Wildman–Crippen MR) is 71.6 cm³/mol. The van der Waals surface area contributed by atoms with Crippen LogP contribution in [0.4, 0.5) is 14.5 Å². The summed E-state index contributed by atoms with van der Waals surface area (Å²) < 4.78 is 34.0. The van der Waals surface area contributed by atoms with Crippen molar-refractivity contribution in [3.63, 3.8) is 0 Å². The number of aromatic nitrogens is 1. The largest absolute Gasteiger partial charge is 0.433 e. The highest BCUT2D eigenvalue weighted by atomic mass is 19.3. The fourth-order valence-corrected chi connectivity index (χ4v) is 1.90. The standard InChI is InChI=1S/C14H14F2N2O3/c1-3-9-12(8(2)21-18-9)13(19)17-10-6-4-5-7-11(10)20-14(15)16/h4-7,14H,3H2,1-2H3,(H,17,19). The number of carbonyl (C=O) groups excluding carboxylic acids is 1. The minimum atomic E-state index is -2.97. The van der Waals surface area contributed by atoms with Crippen molar-refractivity contribution in [1.29, 1.82) is 0 Å². The van der Waals surface area contributed by atoms with Crippen LogP contribution in [0, 0.1) is 6.92 Å². The van der Waals surface area contributed by atoms with Gasteiger partial charge in [-0.2, -0.15) is 8.78 Å². The molecule has 0 atom stereocenters. The number of para-hydroxylation sites is 2. The number of aryl methyl sites for hydroxylation is 2. The number of amides is 1. The van der Waals surface area contributed by atoms with Crippen molar-refractivity contribution in [3.8, 4) is 5.75 Å². The van der Waals surface area contributed by atoms with Gasteiger partial charge < -0.3 is 14.6 Å². The number of rotatable bonds is 5. The normalized spacial score (nSPS) is 10.7. The van der Waals surface area contributed by atoms with Crippen molar-refractivity contribution < 1.29 is 22.8 Å². The Morgan fingerprint density at radius 1 is 1.43 bits per heavy atom. The van der Waals surface area contributed by atoms with Crippen LogP contribution in [0.5, 0.6) is 5.75 Å². The first-order valence-corrected chi connectivity index (χ1v) is 6.33. The second-order valence-electron chi connectivity index (χ2n) is 4.24.